The highest BCUT2D eigenvalue weighted by atomic mass is 32.2. The van der Waals surface area contributed by atoms with E-state index in [4.69, 9.17) is 0 Å². The first-order valence-corrected chi connectivity index (χ1v) is 10.1. The first-order valence-electron chi connectivity index (χ1n) is 8.23. The van der Waals surface area contributed by atoms with Crippen molar-refractivity contribution in [3.63, 3.8) is 0 Å². The van der Waals surface area contributed by atoms with Gasteiger partial charge in [-0.1, -0.05) is 19.1 Å². The third-order valence-electron chi connectivity index (χ3n) is 4.24. The van der Waals surface area contributed by atoms with E-state index in [9.17, 15) is 13.2 Å². The summed E-state index contributed by atoms with van der Waals surface area (Å²) in [4.78, 5) is 12.1. The summed E-state index contributed by atoms with van der Waals surface area (Å²) >= 11 is 0. The Labute approximate surface area is 138 Å². The average molecular weight is 338 g/mol. The molecule has 1 aromatic rings. The first kappa shape index (κ1) is 17.9. The second-order valence-electron chi connectivity index (χ2n) is 6.32. The summed E-state index contributed by atoms with van der Waals surface area (Å²) in [6.45, 7) is 4.58. The Morgan fingerprint density at radius 1 is 1.39 bits per heavy atom. The fraction of sp³-hybridized carbons (Fsp3) is 0.588. The molecule has 1 saturated heterocycles. The van der Waals surface area contributed by atoms with E-state index in [1.54, 1.807) is 6.07 Å². The molecule has 0 aliphatic carbocycles. The lowest BCUT2D eigenvalue weighted by atomic mass is 10.1. The summed E-state index contributed by atoms with van der Waals surface area (Å²) in [5, 5.41) is 6.25. The second kappa shape index (κ2) is 7.93. The largest absolute Gasteiger partial charge is 0.350 e. The van der Waals surface area contributed by atoms with Crippen LogP contribution >= 0.6 is 0 Å². The Kier molecular flexibility index (Phi) is 6.18. The summed E-state index contributed by atoms with van der Waals surface area (Å²) in [7, 11) is -2.90. The van der Waals surface area contributed by atoms with Crippen molar-refractivity contribution in [1.29, 1.82) is 0 Å². The fourth-order valence-corrected chi connectivity index (χ4v) is 4.35. The number of rotatable bonds is 6. The molecule has 1 aromatic carbocycles. The molecular formula is C17H26N2O3S. The topological polar surface area (TPSA) is 75.3 Å². The maximum atomic E-state index is 12.1. The molecule has 2 N–H and O–H groups in total. The highest BCUT2D eigenvalue weighted by molar-refractivity contribution is 7.91. The van der Waals surface area contributed by atoms with Crippen molar-refractivity contribution in [3.05, 3.63) is 35.4 Å². The Balaban J connectivity index is 1.93. The molecular weight excluding hydrogens is 312 g/mol. The average Bonchev–Trinajstić information content (AvgIpc) is 2.52. The molecule has 2 rings (SSSR count). The maximum Gasteiger partial charge on any atom is 0.251 e. The zero-order valence-corrected chi connectivity index (χ0v) is 14.7. The molecule has 0 aromatic heterocycles. The van der Waals surface area contributed by atoms with Crippen molar-refractivity contribution >= 4 is 15.7 Å². The van der Waals surface area contributed by atoms with E-state index in [0.29, 0.717) is 17.9 Å². The second-order valence-corrected chi connectivity index (χ2v) is 8.55. The van der Waals surface area contributed by atoms with Gasteiger partial charge in [-0.25, -0.2) is 8.42 Å². The Bertz CT molecular complexity index is 643. The van der Waals surface area contributed by atoms with Crippen LogP contribution in [0.4, 0.5) is 0 Å². The van der Waals surface area contributed by atoms with Crippen LogP contribution in [0.1, 0.15) is 49.0 Å². The molecule has 6 heteroatoms. The van der Waals surface area contributed by atoms with Crippen molar-refractivity contribution in [2.75, 3.05) is 11.5 Å². The molecule has 1 amide bonds. The molecule has 0 bridgehead atoms. The summed E-state index contributed by atoms with van der Waals surface area (Å²) < 4.78 is 23.3. The van der Waals surface area contributed by atoms with E-state index in [2.05, 4.69) is 10.6 Å². The number of hydrogen-bond acceptors (Lipinski definition) is 4. The molecule has 1 aliphatic heterocycles. The molecule has 2 unspecified atom stereocenters. The minimum absolute atomic E-state index is 0.00588. The van der Waals surface area contributed by atoms with Gasteiger partial charge in [-0.05, 0) is 43.9 Å². The predicted molar refractivity (Wildman–Crippen MR) is 92.2 cm³/mol. The zero-order valence-electron chi connectivity index (χ0n) is 13.8. The standard InChI is InChI=1S/C17H26N2O3S/c1-3-13(2)19-17(20)15-7-4-6-14(10-15)11-18-16-8-5-9-23(21,22)12-16/h4,6-7,10,13,16,18H,3,5,8-9,11-12H2,1-2H3,(H,19,20). The third kappa shape index (κ3) is 5.62. The highest BCUT2D eigenvalue weighted by Crippen LogP contribution is 2.13. The number of carbonyl (C=O) groups is 1. The van der Waals surface area contributed by atoms with Gasteiger partial charge in [-0.3, -0.25) is 4.79 Å². The maximum absolute atomic E-state index is 12.1. The summed E-state index contributed by atoms with van der Waals surface area (Å²) in [5.74, 6) is 0.443. The lowest BCUT2D eigenvalue weighted by molar-refractivity contribution is 0.0939. The predicted octanol–water partition coefficient (Wildman–Crippen LogP) is 1.88. The third-order valence-corrected chi connectivity index (χ3v) is 6.06. The van der Waals surface area contributed by atoms with Gasteiger partial charge in [0, 0.05) is 24.2 Å². The molecule has 2 atom stereocenters. The van der Waals surface area contributed by atoms with Gasteiger partial charge < -0.3 is 10.6 Å². The zero-order chi connectivity index (χ0) is 16.9. The van der Waals surface area contributed by atoms with Crippen LogP contribution in [-0.2, 0) is 16.4 Å². The van der Waals surface area contributed by atoms with Crippen LogP contribution in [0.15, 0.2) is 24.3 Å². The van der Waals surface area contributed by atoms with Gasteiger partial charge in [0.1, 0.15) is 0 Å². The van der Waals surface area contributed by atoms with Gasteiger partial charge >= 0.3 is 0 Å². The minimum atomic E-state index is -2.90. The first-order chi connectivity index (χ1) is 10.9. The number of sulfone groups is 1. The van der Waals surface area contributed by atoms with Gasteiger partial charge in [0.05, 0.1) is 11.5 Å². The van der Waals surface area contributed by atoms with Crippen LogP contribution in [0.25, 0.3) is 0 Å². The number of amides is 1. The number of hydrogen-bond donors (Lipinski definition) is 2. The van der Waals surface area contributed by atoms with E-state index in [0.717, 1.165) is 24.8 Å². The van der Waals surface area contributed by atoms with E-state index < -0.39 is 9.84 Å². The molecule has 0 saturated carbocycles. The van der Waals surface area contributed by atoms with Gasteiger partial charge in [0.25, 0.3) is 5.91 Å². The van der Waals surface area contributed by atoms with E-state index in [1.807, 2.05) is 32.0 Å². The number of benzene rings is 1. The van der Waals surface area contributed by atoms with Crippen LogP contribution in [0.2, 0.25) is 0 Å². The van der Waals surface area contributed by atoms with Crippen molar-refractivity contribution < 1.29 is 13.2 Å². The lowest BCUT2D eigenvalue weighted by Gasteiger charge is -2.23. The normalized spacial score (nSPS) is 21.6. The van der Waals surface area contributed by atoms with Crippen LogP contribution in [0.5, 0.6) is 0 Å². The van der Waals surface area contributed by atoms with E-state index >= 15 is 0 Å². The molecule has 23 heavy (non-hydrogen) atoms. The molecule has 5 nitrogen and oxygen atoms in total. The van der Waals surface area contributed by atoms with E-state index in [-0.39, 0.29) is 23.7 Å². The summed E-state index contributed by atoms with van der Waals surface area (Å²) in [6.07, 6.45) is 2.49. The Morgan fingerprint density at radius 3 is 2.87 bits per heavy atom. The smallest absolute Gasteiger partial charge is 0.251 e. The molecule has 0 radical (unpaired) electrons. The summed E-state index contributed by atoms with van der Waals surface area (Å²) in [6, 6.07) is 7.63. The number of carbonyl (C=O) groups excluding carboxylic acids is 1. The molecule has 1 aliphatic rings. The monoisotopic (exact) mass is 338 g/mol. The van der Waals surface area contributed by atoms with E-state index in [1.165, 1.54) is 0 Å². The molecule has 1 fully saturated rings. The highest BCUT2D eigenvalue weighted by Gasteiger charge is 2.24. The van der Waals surface area contributed by atoms with Gasteiger partial charge in [0.15, 0.2) is 9.84 Å². The van der Waals surface area contributed by atoms with Crippen molar-refractivity contribution in [3.8, 4) is 0 Å². The van der Waals surface area contributed by atoms with Gasteiger partial charge in [0.2, 0.25) is 0 Å². The van der Waals surface area contributed by atoms with Crippen LogP contribution in [0.3, 0.4) is 0 Å². The lowest BCUT2D eigenvalue weighted by Crippen LogP contribution is -2.39. The van der Waals surface area contributed by atoms with Crippen LogP contribution in [-0.4, -0.2) is 37.9 Å². The number of nitrogens with one attached hydrogen (secondary N) is 2. The van der Waals surface area contributed by atoms with Crippen molar-refractivity contribution in [1.82, 2.24) is 10.6 Å². The van der Waals surface area contributed by atoms with Crippen LogP contribution in [0, 0.1) is 0 Å². The van der Waals surface area contributed by atoms with Crippen molar-refractivity contribution in [2.45, 2.75) is 51.7 Å². The van der Waals surface area contributed by atoms with Crippen molar-refractivity contribution in [2.24, 2.45) is 0 Å². The summed E-state index contributed by atoms with van der Waals surface area (Å²) in [5.41, 5.74) is 1.63. The Morgan fingerprint density at radius 2 is 2.17 bits per heavy atom. The molecule has 1 heterocycles. The SMILES string of the molecule is CCC(C)NC(=O)c1cccc(CNC2CCCS(=O)(=O)C2)c1. The molecule has 128 valence electrons. The Hall–Kier alpha value is -1.40. The van der Waals surface area contributed by atoms with Gasteiger partial charge in [-0.2, -0.15) is 0 Å². The quantitative estimate of drug-likeness (QED) is 0.830. The minimum Gasteiger partial charge on any atom is -0.350 e. The fourth-order valence-electron chi connectivity index (χ4n) is 2.68. The van der Waals surface area contributed by atoms with Gasteiger partial charge in [-0.15, -0.1) is 0 Å². The molecule has 0 spiro atoms. The van der Waals surface area contributed by atoms with Crippen LogP contribution < -0.4 is 10.6 Å².